The Balaban J connectivity index is 1.33. The van der Waals surface area contributed by atoms with Gasteiger partial charge in [0.1, 0.15) is 0 Å². The van der Waals surface area contributed by atoms with Crippen molar-refractivity contribution in [3.63, 3.8) is 0 Å². The first-order valence-electron chi connectivity index (χ1n) is 10.2. The fourth-order valence-corrected chi connectivity index (χ4v) is 4.73. The van der Waals surface area contributed by atoms with Gasteiger partial charge in [-0.05, 0) is 38.6 Å². The summed E-state index contributed by atoms with van der Waals surface area (Å²) in [7, 11) is 0. The van der Waals surface area contributed by atoms with E-state index in [1.807, 2.05) is 0 Å². The molecule has 2 aromatic rings. The first-order valence-corrected chi connectivity index (χ1v) is 10.2. The summed E-state index contributed by atoms with van der Waals surface area (Å²) in [6.07, 6.45) is 8.80. The number of nitrogens with zero attached hydrogens (tertiary/aromatic N) is 5. The second kappa shape index (κ2) is 7.20. The number of fused-ring (bicyclic) bond motifs is 2. The smallest absolute Gasteiger partial charge is 0.267 e. The largest absolute Gasteiger partial charge is 0.376 e. The Kier molecular flexibility index (Phi) is 4.57. The van der Waals surface area contributed by atoms with Crippen LogP contribution in [0.1, 0.15) is 48.2 Å². The number of likely N-dealkylation sites (tertiary alicyclic amines) is 1. The van der Waals surface area contributed by atoms with Crippen molar-refractivity contribution >= 4 is 0 Å². The highest BCUT2D eigenvalue weighted by Crippen LogP contribution is 2.25. The zero-order valence-electron chi connectivity index (χ0n) is 15.8. The summed E-state index contributed by atoms with van der Waals surface area (Å²) in [6, 6.07) is 2.08. The third kappa shape index (κ3) is 3.34. The number of aromatic nitrogens is 4. The van der Waals surface area contributed by atoms with E-state index in [4.69, 9.17) is 4.74 Å². The molecule has 7 nitrogen and oxygen atoms in total. The molecule has 3 aliphatic heterocycles. The molecule has 0 bridgehead atoms. The Bertz CT molecular complexity index is 887. The van der Waals surface area contributed by atoms with Crippen LogP contribution < -0.4 is 5.56 Å². The molecule has 2 aromatic heterocycles. The van der Waals surface area contributed by atoms with Gasteiger partial charge >= 0.3 is 0 Å². The van der Waals surface area contributed by atoms with Gasteiger partial charge < -0.3 is 4.74 Å². The molecule has 1 atom stereocenters. The average Bonchev–Trinajstić information content (AvgIpc) is 3.30. The minimum absolute atomic E-state index is 0.00554. The van der Waals surface area contributed by atoms with E-state index in [0.717, 1.165) is 50.2 Å². The number of ether oxygens (including phenoxy) is 1. The maximum atomic E-state index is 12.5. The van der Waals surface area contributed by atoms with Crippen LogP contribution in [0.4, 0.5) is 0 Å². The monoisotopic (exact) mass is 369 g/mol. The van der Waals surface area contributed by atoms with Gasteiger partial charge in [-0.2, -0.15) is 10.2 Å². The van der Waals surface area contributed by atoms with Crippen molar-refractivity contribution in [3.8, 4) is 0 Å². The van der Waals surface area contributed by atoms with Crippen LogP contribution in [-0.4, -0.2) is 43.7 Å². The third-order valence-corrected chi connectivity index (χ3v) is 6.23. The predicted molar refractivity (Wildman–Crippen MR) is 100 cm³/mol. The molecule has 144 valence electrons. The molecule has 0 amide bonds. The van der Waals surface area contributed by atoms with Crippen molar-refractivity contribution in [1.82, 2.24) is 24.5 Å². The zero-order valence-corrected chi connectivity index (χ0v) is 15.8. The van der Waals surface area contributed by atoms with E-state index < -0.39 is 0 Å². The highest BCUT2D eigenvalue weighted by molar-refractivity contribution is 5.20. The number of hydrogen-bond acceptors (Lipinski definition) is 5. The molecule has 1 saturated heterocycles. The first kappa shape index (κ1) is 17.1. The van der Waals surface area contributed by atoms with Crippen LogP contribution in [0.15, 0.2) is 17.1 Å². The molecule has 1 unspecified atom stereocenters. The third-order valence-electron chi connectivity index (χ3n) is 6.23. The van der Waals surface area contributed by atoms with Gasteiger partial charge in [0.25, 0.3) is 5.56 Å². The molecule has 0 spiro atoms. The van der Waals surface area contributed by atoms with Crippen molar-refractivity contribution in [2.45, 2.75) is 70.8 Å². The van der Waals surface area contributed by atoms with Crippen LogP contribution in [-0.2, 0) is 43.8 Å². The molecule has 3 aliphatic rings. The Morgan fingerprint density at radius 2 is 2.15 bits per heavy atom. The van der Waals surface area contributed by atoms with Gasteiger partial charge in [-0.1, -0.05) is 0 Å². The van der Waals surface area contributed by atoms with Crippen LogP contribution in [0.25, 0.3) is 0 Å². The summed E-state index contributed by atoms with van der Waals surface area (Å²) in [5.74, 6) is 0. The molecular formula is C20H27N5O2. The van der Waals surface area contributed by atoms with E-state index >= 15 is 0 Å². The molecule has 0 N–H and O–H groups in total. The SMILES string of the molecule is O=c1cc2c(nn1CC1CCCN1Cc1cnn3c1CCCC3)CCOC2. The normalized spacial score (nSPS) is 22.6. The van der Waals surface area contributed by atoms with Crippen LogP contribution in [0.2, 0.25) is 0 Å². The molecular weight excluding hydrogens is 342 g/mol. The molecule has 1 fully saturated rings. The summed E-state index contributed by atoms with van der Waals surface area (Å²) in [5.41, 5.74) is 4.75. The van der Waals surface area contributed by atoms with Gasteiger partial charge in [0.2, 0.25) is 0 Å². The van der Waals surface area contributed by atoms with Crippen molar-refractivity contribution in [2.24, 2.45) is 0 Å². The lowest BCUT2D eigenvalue weighted by molar-refractivity contribution is 0.107. The van der Waals surface area contributed by atoms with Gasteiger partial charge in [0.15, 0.2) is 0 Å². The summed E-state index contributed by atoms with van der Waals surface area (Å²) in [6.45, 7) is 4.96. The molecule has 5 heterocycles. The van der Waals surface area contributed by atoms with E-state index in [-0.39, 0.29) is 5.56 Å². The Morgan fingerprint density at radius 1 is 1.19 bits per heavy atom. The maximum Gasteiger partial charge on any atom is 0.267 e. The number of hydrogen-bond donors (Lipinski definition) is 0. The quantitative estimate of drug-likeness (QED) is 0.817. The minimum atomic E-state index is -0.00554. The topological polar surface area (TPSA) is 65.2 Å². The molecule has 0 aromatic carbocycles. The molecule has 27 heavy (non-hydrogen) atoms. The lowest BCUT2D eigenvalue weighted by Gasteiger charge is -2.26. The van der Waals surface area contributed by atoms with Crippen molar-refractivity contribution < 1.29 is 4.74 Å². The minimum Gasteiger partial charge on any atom is -0.376 e. The molecule has 0 radical (unpaired) electrons. The van der Waals surface area contributed by atoms with E-state index in [1.165, 1.54) is 30.5 Å². The van der Waals surface area contributed by atoms with Crippen molar-refractivity contribution in [2.75, 3.05) is 13.2 Å². The van der Waals surface area contributed by atoms with Crippen LogP contribution in [0.5, 0.6) is 0 Å². The van der Waals surface area contributed by atoms with Crippen LogP contribution >= 0.6 is 0 Å². The molecule has 5 rings (SSSR count). The van der Waals surface area contributed by atoms with Crippen molar-refractivity contribution in [3.05, 3.63) is 45.1 Å². The maximum absolute atomic E-state index is 12.5. The van der Waals surface area contributed by atoms with Gasteiger partial charge in [-0.15, -0.1) is 0 Å². The highest BCUT2D eigenvalue weighted by Gasteiger charge is 2.28. The molecule has 0 aliphatic carbocycles. The lowest BCUT2D eigenvalue weighted by atomic mass is 10.1. The number of rotatable bonds is 4. The van der Waals surface area contributed by atoms with Crippen molar-refractivity contribution in [1.29, 1.82) is 0 Å². The predicted octanol–water partition coefficient (Wildman–Crippen LogP) is 1.51. The van der Waals surface area contributed by atoms with E-state index in [0.29, 0.717) is 25.8 Å². The Hall–Kier alpha value is -1.99. The standard InChI is InChI=1S/C20H27N5O2/c26-20-10-15-14-27-9-6-18(15)22-25(20)13-17-4-3-7-23(17)12-16-11-21-24-8-2-1-5-19(16)24/h10-11,17H,1-9,12-14H2. The fraction of sp³-hybridized carbons (Fsp3) is 0.650. The second-order valence-electron chi connectivity index (χ2n) is 8.00. The summed E-state index contributed by atoms with van der Waals surface area (Å²) >= 11 is 0. The van der Waals surface area contributed by atoms with Gasteiger partial charge in [-0.3, -0.25) is 14.4 Å². The Morgan fingerprint density at radius 3 is 3.11 bits per heavy atom. The van der Waals surface area contributed by atoms with Gasteiger partial charge in [-0.25, -0.2) is 4.68 Å². The Labute approximate surface area is 158 Å². The van der Waals surface area contributed by atoms with E-state index in [9.17, 15) is 4.79 Å². The van der Waals surface area contributed by atoms with Gasteiger partial charge in [0.05, 0.1) is 31.6 Å². The second-order valence-corrected chi connectivity index (χ2v) is 8.00. The van der Waals surface area contributed by atoms with Crippen LogP contribution in [0, 0.1) is 0 Å². The fourth-order valence-electron chi connectivity index (χ4n) is 4.73. The molecule has 7 heteroatoms. The molecule has 0 saturated carbocycles. The van der Waals surface area contributed by atoms with E-state index in [1.54, 1.807) is 10.7 Å². The van der Waals surface area contributed by atoms with Gasteiger partial charge in [0, 0.05) is 48.4 Å². The first-order chi connectivity index (χ1) is 13.3. The highest BCUT2D eigenvalue weighted by atomic mass is 16.5. The van der Waals surface area contributed by atoms with E-state index in [2.05, 4.69) is 26.0 Å². The summed E-state index contributed by atoms with van der Waals surface area (Å²) < 4.78 is 9.30. The number of aryl methyl sites for hydroxylation is 1. The zero-order chi connectivity index (χ0) is 18.2. The summed E-state index contributed by atoms with van der Waals surface area (Å²) in [4.78, 5) is 15.0. The average molecular weight is 369 g/mol. The lowest BCUT2D eigenvalue weighted by Crippen LogP contribution is -2.37. The van der Waals surface area contributed by atoms with Crippen LogP contribution in [0.3, 0.4) is 0 Å². The summed E-state index contributed by atoms with van der Waals surface area (Å²) in [5, 5.41) is 9.24.